The fourth-order valence-corrected chi connectivity index (χ4v) is 4.42. The van der Waals surface area contributed by atoms with Crippen LogP contribution in [0.4, 0.5) is 0 Å². The highest BCUT2D eigenvalue weighted by Gasteiger charge is 2.23. The highest BCUT2D eigenvalue weighted by Crippen LogP contribution is 2.16. The van der Waals surface area contributed by atoms with Gasteiger partial charge in [-0.1, -0.05) is 31.2 Å². The predicted molar refractivity (Wildman–Crippen MR) is 131 cm³/mol. The normalized spacial score (nSPS) is 26.3. The molecule has 0 aliphatic carbocycles. The number of morpholine rings is 1. The van der Waals surface area contributed by atoms with Gasteiger partial charge in [0.15, 0.2) is 5.96 Å². The lowest BCUT2D eigenvalue weighted by molar-refractivity contribution is -0.0704. The summed E-state index contributed by atoms with van der Waals surface area (Å²) >= 11 is 0. The van der Waals surface area contributed by atoms with Gasteiger partial charge in [-0.3, -0.25) is 9.80 Å². The molecule has 7 heteroatoms. The van der Waals surface area contributed by atoms with Crippen molar-refractivity contribution in [2.75, 3.05) is 32.7 Å². The Bertz CT molecular complexity index is 629. The Morgan fingerprint density at radius 3 is 2.48 bits per heavy atom. The minimum atomic E-state index is 0. The Balaban J connectivity index is 0.00000300. The standard InChI is InChI=1S/C22H37N5O.HI/c1-4-27-11-5-6-21(27)13-25-22(23)24-12-19-7-9-20(10-8-19)16-26-14-17(2)28-18(3)15-26;/h7-10,17-18,21H,4-6,11-16H2,1-3H3,(H3,23,24,25);1H. The maximum Gasteiger partial charge on any atom is 0.188 e. The first-order valence-electron chi connectivity index (χ1n) is 10.8. The Morgan fingerprint density at radius 2 is 1.83 bits per heavy atom. The van der Waals surface area contributed by atoms with E-state index >= 15 is 0 Å². The number of benzene rings is 1. The minimum absolute atomic E-state index is 0. The molecule has 2 aliphatic rings. The summed E-state index contributed by atoms with van der Waals surface area (Å²) in [5.74, 6) is 0.545. The summed E-state index contributed by atoms with van der Waals surface area (Å²) in [7, 11) is 0. The Kier molecular flexibility index (Phi) is 10.1. The predicted octanol–water partition coefficient (Wildman–Crippen LogP) is 2.80. The second kappa shape index (κ2) is 12.1. The van der Waals surface area contributed by atoms with E-state index in [1.807, 2.05) is 0 Å². The van der Waals surface area contributed by atoms with Gasteiger partial charge in [0, 0.05) is 32.2 Å². The molecule has 0 saturated carbocycles. The number of hydrogen-bond acceptors (Lipinski definition) is 4. The second-order valence-electron chi connectivity index (χ2n) is 8.27. The summed E-state index contributed by atoms with van der Waals surface area (Å²) in [5, 5.41) is 3.30. The van der Waals surface area contributed by atoms with Crippen LogP contribution in [-0.2, 0) is 17.8 Å². The molecule has 2 saturated heterocycles. The fraction of sp³-hybridized carbons (Fsp3) is 0.682. The van der Waals surface area contributed by atoms with E-state index in [4.69, 9.17) is 10.5 Å². The highest BCUT2D eigenvalue weighted by atomic mass is 127. The lowest BCUT2D eigenvalue weighted by Crippen LogP contribution is -2.44. The zero-order valence-corrected chi connectivity index (χ0v) is 20.5. The number of halogens is 1. The van der Waals surface area contributed by atoms with Gasteiger partial charge in [-0.25, -0.2) is 4.99 Å². The summed E-state index contributed by atoms with van der Waals surface area (Å²) in [4.78, 5) is 9.49. The number of nitrogens with zero attached hydrogens (tertiary/aromatic N) is 3. The van der Waals surface area contributed by atoms with Gasteiger partial charge < -0.3 is 15.8 Å². The van der Waals surface area contributed by atoms with Crippen molar-refractivity contribution in [1.82, 2.24) is 15.1 Å². The van der Waals surface area contributed by atoms with Crippen LogP contribution >= 0.6 is 24.0 Å². The largest absolute Gasteiger partial charge is 0.373 e. The lowest BCUT2D eigenvalue weighted by Gasteiger charge is -2.35. The molecule has 3 N–H and O–H groups in total. The summed E-state index contributed by atoms with van der Waals surface area (Å²) in [5.41, 5.74) is 8.59. The molecule has 2 aliphatic heterocycles. The van der Waals surface area contributed by atoms with Crippen molar-refractivity contribution >= 4 is 29.9 Å². The van der Waals surface area contributed by atoms with Gasteiger partial charge in [0.05, 0.1) is 18.8 Å². The Hall–Kier alpha value is -0.900. The average molecular weight is 515 g/mol. The summed E-state index contributed by atoms with van der Waals surface area (Å²) < 4.78 is 5.82. The number of likely N-dealkylation sites (tertiary alicyclic amines) is 1. The van der Waals surface area contributed by atoms with Crippen LogP contribution in [0.3, 0.4) is 0 Å². The van der Waals surface area contributed by atoms with Crippen molar-refractivity contribution < 1.29 is 4.74 Å². The molecule has 2 heterocycles. The van der Waals surface area contributed by atoms with Crippen molar-refractivity contribution in [3.05, 3.63) is 35.4 Å². The number of aliphatic imine (C=N–C) groups is 1. The molecule has 0 spiro atoms. The molecule has 1 aromatic carbocycles. The first-order chi connectivity index (χ1) is 13.5. The number of rotatable bonds is 7. The van der Waals surface area contributed by atoms with E-state index in [0.29, 0.717) is 30.8 Å². The van der Waals surface area contributed by atoms with Gasteiger partial charge in [0.25, 0.3) is 0 Å². The van der Waals surface area contributed by atoms with Crippen LogP contribution in [0.1, 0.15) is 44.7 Å². The van der Waals surface area contributed by atoms with Crippen molar-refractivity contribution in [2.24, 2.45) is 10.7 Å². The van der Waals surface area contributed by atoms with Crippen LogP contribution in [0.5, 0.6) is 0 Å². The molecule has 0 bridgehead atoms. The van der Waals surface area contributed by atoms with E-state index in [1.165, 1.54) is 30.5 Å². The molecule has 3 unspecified atom stereocenters. The summed E-state index contributed by atoms with van der Waals surface area (Å²) in [6.45, 7) is 13.3. The van der Waals surface area contributed by atoms with Crippen molar-refractivity contribution in [3.8, 4) is 0 Å². The lowest BCUT2D eigenvalue weighted by atomic mass is 10.1. The fourth-order valence-electron chi connectivity index (χ4n) is 4.42. The number of ether oxygens (including phenoxy) is 1. The van der Waals surface area contributed by atoms with Crippen LogP contribution in [0.25, 0.3) is 0 Å². The number of likely N-dealkylation sites (N-methyl/N-ethyl adjacent to an activating group) is 1. The molecule has 2 fully saturated rings. The van der Waals surface area contributed by atoms with Gasteiger partial charge in [-0.2, -0.15) is 0 Å². The molecule has 1 aromatic rings. The molecule has 0 radical (unpaired) electrons. The van der Waals surface area contributed by atoms with E-state index < -0.39 is 0 Å². The molecule has 29 heavy (non-hydrogen) atoms. The molecular formula is C22H38IN5O. The van der Waals surface area contributed by atoms with E-state index in [1.54, 1.807) is 0 Å². The molecule has 164 valence electrons. The van der Waals surface area contributed by atoms with Gasteiger partial charge in [-0.05, 0) is 50.9 Å². The van der Waals surface area contributed by atoms with Crippen molar-refractivity contribution in [1.29, 1.82) is 0 Å². The quantitative estimate of drug-likeness (QED) is 0.332. The first kappa shape index (κ1) is 24.4. The summed E-state index contributed by atoms with van der Waals surface area (Å²) in [6.07, 6.45) is 3.14. The zero-order chi connectivity index (χ0) is 19.9. The number of nitrogens with two attached hydrogens (primary N) is 1. The zero-order valence-electron chi connectivity index (χ0n) is 18.1. The van der Waals surface area contributed by atoms with Crippen LogP contribution < -0.4 is 11.1 Å². The third-order valence-corrected chi connectivity index (χ3v) is 5.78. The Morgan fingerprint density at radius 1 is 1.17 bits per heavy atom. The minimum Gasteiger partial charge on any atom is -0.373 e. The monoisotopic (exact) mass is 515 g/mol. The summed E-state index contributed by atoms with van der Waals surface area (Å²) in [6, 6.07) is 9.32. The van der Waals surface area contributed by atoms with Gasteiger partial charge in [0.2, 0.25) is 0 Å². The Labute approximate surface area is 193 Å². The molecule has 3 atom stereocenters. The SMILES string of the molecule is CCN1CCCC1CNC(N)=NCc1ccc(CN2CC(C)OC(C)C2)cc1.I. The van der Waals surface area contributed by atoms with Crippen LogP contribution in [0.2, 0.25) is 0 Å². The van der Waals surface area contributed by atoms with E-state index in [2.05, 4.69) is 65.1 Å². The molecular weight excluding hydrogens is 477 g/mol. The van der Waals surface area contributed by atoms with Crippen molar-refractivity contribution in [2.45, 2.75) is 65.0 Å². The first-order valence-corrected chi connectivity index (χ1v) is 10.8. The van der Waals surface area contributed by atoms with Gasteiger partial charge >= 0.3 is 0 Å². The molecule has 3 rings (SSSR count). The topological polar surface area (TPSA) is 66.1 Å². The van der Waals surface area contributed by atoms with Crippen LogP contribution in [0, 0.1) is 0 Å². The van der Waals surface area contributed by atoms with Gasteiger partial charge in [0.1, 0.15) is 0 Å². The molecule has 6 nitrogen and oxygen atoms in total. The number of nitrogens with one attached hydrogen (secondary N) is 1. The number of guanidine groups is 1. The number of hydrogen-bond donors (Lipinski definition) is 2. The third kappa shape index (κ3) is 7.70. The van der Waals surface area contributed by atoms with E-state index in [-0.39, 0.29) is 24.0 Å². The molecule has 0 amide bonds. The molecule has 0 aromatic heterocycles. The maximum atomic E-state index is 6.07. The van der Waals surface area contributed by atoms with Crippen LogP contribution in [0.15, 0.2) is 29.3 Å². The maximum absolute atomic E-state index is 6.07. The third-order valence-electron chi connectivity index (χ3n) is 5.78. The highest BCUT2D eigenvalue weighted by molar-refractivity contribution is 14.0. The van der Waals surface area contributed by atoms with Gasteiger partial charge in [-0.15, -0.1) is 24.0 Å². The average Bonchev–Trinajstić information content (AvgIpc) is 3.12. The van der Waals surface area contributed by atoms with Crippen LogP contribution in [-0.4, -0.2) is 66.7 Å². The van der Waals surface area contributed by atoms with Crippen molar-refractivity contribution in [3.63, 3.8) is 0 Å². The smallest absolute Gasteiger partial charge is 0.188 e. The second-order valence-corrected chi connectivity index (χ2v) is 8.27. The van der Waals surface area contributed by atoms with E-state index in [9.17, 15) is 0 Å². The van der Waals surface area contributed by atoms with E-state index in [0.717, 1.165) is 32.7 Å².